The molecule has 0 radical (unpaired) electrons. The Bertz CT molecular complexity index is 464. The Balaban J connectivity index is 1.68. The average Bonchev–Trinajstić information content (AvgIpc) is 2.90. The smallest absolute Gasteiger partial charge is 0.105 e. The molecule has 2 N–H and O–H groups in total. The van der Waals surface area contributed by atoms with Gasteiger partial charge in [0.25, 0.3) is 0 Å². The summed E-state index contributed by atoms with van der Waals surface area (Å²) in [7, 11) is 0. The molecule has 0 bridgehead atoms. The van der Waals surface area contributed by atoms with Crippen LogP contribution in [0, 0.1) is 0 Å². The third kappa shape index (κ3) is 2.69. The van der Waals surface area contributed by atoms with Gasteiger partial charge < -0.3 is 15.2 Å². The molecule has 3 nitrogen and oxygen atoms in total. The summed E-state index contributed by atoms with van der Waals surface area (Å²) in [6.07, 6.45) is 4.06. The Morgan fingerprint density at radius 2 is 2.47 bits per heavy atom. The van der Waals surface area contributed by atoms with Gasteiger partial charge >= 0.3 is 0 Å². The number of nitrogens with one attached hydrogen (secondary N) is 1. The average molecular weight is 302 g/mol. The van der Waals surface area contributed by atoms with E-state index in [2.05, 4.69) is 11.4 Å². The molecule has 1 fully saturated rings. The van der Waals surface area contributed by atoms with Crippen molar-refractivity contribution in [2.75, 3.05) is 13.2 Å². The molecule has 3 atom stereocenters. The summed E-state index contributed by atoms with van der Waals surface area (Å²) in [6.45, 7) is 3.19. The Hall–Kier alpha value is -0.130. The van der Waals surface area contributed by atoms with Crippen LogP contribution in [0.15, 0.2) is 6.07 Å². The largest absolute Gasteiger partial charge is 0.386 e. The molecule has 0 aromatic carbocycles. The van der Waals surface area contributed by atoms with Gasteiger partial charge in [-0.25, -0.2) is 0 Å². The number of rotatable bonds is 3. The molecule has 3 unspecified atom stereocenters. The highest BCUT2D eigenvalue weighted by molar-refractivity contribution is 7.16. The molecular formula is C14H20ClNO2S. The molecule has 106 valence electrons. The van der Waals surface area contributed by atoms with Crippen LogP contribution in [-0.4, -0.2) is 30.0 Å². The van der Waals surface area contributed by atoms with E-state index < -0.39 is 5.60 Å². The minimum Gasteiger partial charge on any atom is -0.386 e. The van der Waals surface area contributed by atoms with E-state index in [4.69, 9.17) is 16.3 Å². The van der Waals surface area contributed by atoms with Gasteiger partial charge in [0.1, 0.15) is 5.60 Å². The number of hydrogen-bond donors (Lipinski definition) is 2. The predicted octanol–water partition coefficient (Wildman–Crippen LogP) is 2.91. The van der Waals surface area contributed by atoms with Crippen molar-refractivity contribution in [1.29, 1.82) is 0 Å². The van der Waals surface area contributed by atoms with Crippen LogP contribution in [-0.2, 0) is 11.2 Å². The van der Waals surface area contributed by atoms with Gasteiger partial charge in [-0.3, -0.25) is 0 Å². The van der Waals surface area contributed by atoms with Crippen LogP contribution < -0.4 is 5.32 Å². The Labute approximate surface area is 122 Å². The van der Waals surface area contributed by atoms with Crippen molar-refractivity contribution >= 4 is 22.9 Å². The predicted molar refractivity (Wildman–Crippen MR) is 78.0 cm³/mol. The van der Waals surface area contributed by atoms with Crippen LogP contribution in [0.2, 0.25) is 4.34 Å². The topological polar surface area (TPSA) is 41.5 Å². The van der Waals surface area contributed by atoms with Crippen LogP contribution >= 0.6 is 22.9 Å². The molecule has 1 aromatic heterocycles. The molecule has 0 amide bonds. The SMILES string of the molecule is CC1OCCC1(O)CNC1CCCc2sc(Cl)cc21. The maximum absolute atomic E-state index is 10.5. The molecule has 5 heteroatoms. The summed E-state index contributed by atoms with van der Waals surface area (Å²) in [5, 5.41) is 14.1. The molecule has 0 spiro atoms. The van der Waals surface area contributed by atoms with Crippen LogP contribution in [0.4, 0.5) is 0 Å². The zero-order valence-corrected chi connectivity index (χ0v) is 12.7. The molecule has 2 heterocycles. The van der Waals surface area contributed by atoms with Crippen molar-refractivity contribution < 1.29 is 9.84 Å². The van der Waals surface area contributed by atoms with E-state index in [0.717, 1.165) is 17.2 Å². The number of thiophene rings is 1. The fourth-order valence-corrected chi connectivity index (χ4v) is 4.42. The van der Waals surface area contributed by atoms with Gasteiger partial charge in [0, 0.05) is 30.5 Å². The quantitative estimate of drug-likeness (QED) is 0.902. The maximum Gasteiger partial charge on any atom is 0.105 e. The number of fused-ring (bicyclic) bond motifs is 1. The van der Waals surface area contributed by atoms with Crippen LogP contribution in [0.3, 0.4) is 0 Å². The van der Waals surface area contributed by atoms with E-state index in [1.165, 1.54) is 16.9 Å². The first-order chi connectivity index (χ1) is 9.08. The van der Waals surface area contributed by atoms with Crippen molar-refractivity contribution in [3.63, 3.8) is 0 Å². The fourth-order valence-electron chi connectivity index (χ4n) is 3.04. The van der Waals surface area contributed by atoms with Crippen molar-refractivity contribution in [1.82, 2.24) is 5.32 Å². The zero-order valence-electron chi connectivity index (χ0n) is 11.1. The second kappa shape index (κ2) is 5.34. The first-order valence-electron chi connectivity index (χ1n) is 6.94. The molecule has 3 rings (SSSR count). The summed E-state index contributed by atoms with van der Waals surface area (Å²) >= 11 is 7.81. The van der Waals surface area contributed by atoms with Crippen molar-refractivity contribution in [2.45, 2.75) is 50.4 Å². The molecule has 1 aromatic rings. The molecule has 1 saturated heterocycles. The monoisotopic (exact) mass is 301 g/mol. The second-order valence-electron chi connectivity index (χ2n) is 5.62. The lowest BCUT2D eigenvalue weighted by molar-refractivity contribution is -0.0279. The third-order valence-electron chi connectivity index (χ3n) is 4.40. The third-order valence-corrected chi connectivity index (χ3v) is 5.74. The van der Waals surface area contributed by atoms with E-state index in [-0.39, 0.29) is 6.10 Å². The number of hydrogen-bond acceptors (Lipinski definition) is 4. The van der Waals surface area contributed by atoms with Gasteiger partial charge in [-0.2, -0.15) is 0 Å². The maximum atomic E-state index is 10.5. The number of ether oxygens (including phenoxy) is 1. The minimum atomic E-state index is -0.725. The highest BCUT2D eigenvalue weighted by Gasteiger charge is 2.40. The summed E-state index contributed by atoms with van der Waals surface area (Å²) in [6, 6.07) is 2.40. The molecule has 19 heavy (non-hydrogen) atoms. The summed E-state index contributed by atoms with van der Waals surface area (Å²) in [5.74, 6) is 0. The summed E-state index contributed by atoms with van der Waals surface area (Å²) in [4.78, 5) is 1.40. The molecule has 2 aliphatic rings. The van der Waals surface area contributed by atoms with Gasteiger partial charge in [0.2, 0.25) is 0 Å². The summed E-state index contributed by atoms with van der Waals surface area (Å²) < 4.78 is 6.34. The van der Waals surface area contributed by atoms with Crippen molar-refractivity contribution in [3.05, 3.63) is 20.8 Å². The molecular weight excluding hydrogens is 282 g/mol. The van der Waals surface area contributed by atoms with Gasteiger partial charge in [0.15, 0.2) is 0 Å². The normalized spacial score (nSPS) is 34.5. The van der Waals surface area contributed by atoms with Gasteiger partial charge in [-0.05, 0) is 37.8 Å². The van der Waals surface area contributed by atoms with Gasteiger partial charge in [0.05, 0.1) is 10.4 Å². The molecule has 1 aliphatic heterocycles. The van der Waals surface area contributed by atoms with Crippen LogP contribution in [0.1, 0.15) is 42.7 Å². The molecule has 1 aliphatic carbocycles. The van der Waals surface area contributed by atoms with Crippen molar-refractivity contribution in [2.24, 2.45) is 0 Å². The fraction of sp³-hybridized carbons (Fsp3) is 0.714. The molecule has 0 saturated carbocycles. The second-order valence-corrected chi connectivity index (χ2v) is 7.39. The van der Waals surface area contributed by atoms with E-state index in [1.807, 2.05) is 6.92 Å². The van der Waals surface area contributed by atoms with Crippen LogP contribution in [0.5, 0.6) is 0 Å². The van der Waals surface area contributed by atoms with Crippen molar-refractivity contribution in [3.8, 4) is 0 Å². The van der Waals surface area contributed by atoms with E-state index in [9.17, 15) is 5.11 Å². The number of aryl methyl sites for hydroxylation is 1. The van der Waals surface area contributed by atoms with E-state index in [1.54, 1.807) is 11.3 Å². The Kier molecular flexibility index (Phi) is 3.89. The Morgan fingerprint density at radius 1 is 1.63 bits per heavy atom. The summed E-state index contributed by atoms with van der Waals surface area (Å²) in [5.41, 5.74) is 0.605. The number of halogens is 1. The van der Waals surface area contributed by atoms with E-state index >= 15 is 0 Å². The first kappa shape index (κ1) is 13.8. The standard InChI is InChI=1S/C14H20ClNO2S/c1-9-14(17,5-6-18-9)8-16-11-3-2-4-12-10(11)7-13(15)19-12/h7,9,11,16-17H,2-6,8H2,1H3. The lowest BCUT2D eigenvalue weighted by atomic mass is 9.91. The van der Waals surface area contributed by atoms with E-state index in [0.29, 0.717) is 25.6 Å². The highest BCUT2D eigenvalue weighted by Crippen LogP contribution is 2.38. The zero-order chi connectivity index (χ0) is 13.5. The minimum absolute atomic E-state index is 0.0888. The highest BCUT2D eigenvalue weighted by atomic mass is 35.5. The van der Waals surface area contributed by atoms with Gasteiger partial charge in [-0.1, -0.05) is 11.6 Å². The van der Waals surface area contributed by atoms with Crippen LogP contribution in [0.25, 0.3) is 0 Å². The lowest BCUT2D eigenvalue weighted by Gasteiger charge is -2.31. The first-order valence-corrected chi connectivity index (χ1v) is 8.13. The lowest BCUT2D eigenvalue weighted by Crippen LogP contribution is -2.47. The Morgan fingerprint density at radius 3 is 3.21 bits per heavy atom. The van der Waals surface area contributed by atoms with Gasteiger partial charge in [-0.15, -0.1) is 11.3 Å². The number of aliphatic hydroxyl groups is 1.